The van der Waals surface area contributed by atoms with E-state index in [-0.39, 0.29) is 28.8 Å². The van der Waals surface area contributed by atoms with Crippen LogP contribution in [0.25, 0.3) is 10.9 Å². The summed E-state index contributed by atoms with van der Waals surface area (Å²) in [6, 6.07) is 7.25. The number of fused-ring (bicyclic) bond motifs is 1. The molecule has 1 unspecified atom stereocenters. The molecule has 4 rings (SSSR count). The minimum absolute atomic E-state index is 0.0438. The van der Waals surface area contributed by atoms with Gasteiger partial charge in [0, 0.05) is 7.05 Å². The Labute approximate surface area is 164 Å². The van der Waals surface area contributed by atoms with Crippen LogP contribution in [0.2, 0.25) is 0 Å². The second-order valence-corrected chi connectivity index (χ2v) is 7.72. The highest BCUT2D eigenvalue weighted by Gasteiger charge is 2.16. The average molecular weight is 397 g/mol. The van der Waals surface area contributed by atoms with Crippen molar-refractivity contribution in [2.45, 2.75) is 19.4 Å². The number of aromatic nitrogens is 3. The van der Waals surface area contributed by atoms with E-state index in [4.69, 9.17) is 4.74 Å². The average Bonchev–Trinajstić information content (AvgIpc) is 3.01. The summed E-state index contributed by atoms with van der Waals surface area (Å²) in [5.74, 6) is 1.41. The number of benzene rings is 1. The Kier molecular flexibility index (Phi) is 4.87. The summed E-state index contributed by atoms with van der Waals surface area (Å²) in [6.45, 7) is 0.192. The largest absolute Gasteiger partial charge is 0.494 e. The van der Waals surface area contributed by atoms with Crippen LogP contribution in [-0.4, -0.2) is 19.6 Å². The van der Waals surface area contributed by atoms with Crippen LogP contribution in [0.1, 0.15) is 17.1 Å². The van der Waals surface area contributed by atoms with Gasteiger partial charge in [0.05, 0.1) is 15.8 Å². The molecule has 0 saturated carbocycles. The molecule has 0 amide bonds. The van der Waals surface area contributed by atoms with E-state index in [0.29, 0.717) is 33.8 Å². The summed E-state index contributed by atoms with van der Waals surface area (Å²) in [7, 11) is 1.69. The highest BCUT2D eigenvalue weighted by Crippen LogP contribution is 2.26. The van der Waals surface area contributed by atoms with Crippen molar-refractivity contribution in [2.24, 2.45) is 13.0 Å². The second kappa shape index (κ2) is 7.47. The summed E-state index contributed by atoms with van der Waals surface area (Å²) in [5.41, 5.74) is 0.561. The van der Waals surface area contributed by atoms with Crippen molar-refractivity contribution in [1.29, 1.82) is 0 Å². The molecule has 0 saturated heterocycles. The van der Waals surface area contributed by atoms with E-state index in [1.54, 1.807) is 13.1 Å². The van der Waals surface area contributed by atoms with Crippen LogP contribution in [-0.2, 0) is 24.8 Å². The SMILES string of the molecule is Cn1c(COC2=CCC(Cc3sc(=O)[nH]c3O)C=C2)nc2ccccc2c1=O. The first-order chi connectivity index (χ1) is 13.5. The standard InChI is InChI=1S/C20H19N3O4S/c1-23-17(21-15-5-3-2-4-14(15)19(23)25)11-27-13-8-6-12(7-9-13)10-16-18(24)22-20(26)28-16/h2-6,8-9,12,24H,7,10-11H2,1H3,(H,22,26). The van der Waals surface area contributed by atoms with E-state index in [1.165, 1.54) is 4.57 Å². The van der Waals surface area contributed by atoms with E-state index < -0.39 is 0 Å². The van der Waals surface area contributed by atoms with Gasteiger partial charge in [-0.3, -0.25) is 19.1 Å². The van der Waals surface area contributed by atoms with Crippen molar-refractivity contribution in [3.63, 3.8) is 0 Å². The number of hydrogen-bond donors (Lipinski definition) is 2. The summed E-state index contributed by atoms with van der Waals surface area (Å²) in [6.07, 6.45) is 7.18. The van der Waals surface area contributed by atoms with E-state index in [1.807, 2.05) is 36.4 Å². The summed E-state index contributed by atoms with van der Waals surface area (Å²) in [5, 5.41) is 10.3. The molecule has 2 aromatic heterocycles. The molecule has 0 radical (unpaired) electrons. The van der Waals surface area contributed by atoms with Gasteiger partial charge in [0.25, 0.3) is 5.56 Å². The molecule has 1 atom stereocenters. The van der Waals surface area contributed by atoms with Crippen LogP contribution in [0.5, 0.6) is 5.88 Å². The molecule has 1 aliphatic carbocycles. The maximum absolute atomic E-state index is 12.4. The quantitative estimate of drug-likeness (QED) is 0.690. The highest BCUT2D eigenvalue weighted by molar-refractivity contribution is 7.09. The molecule has 0 spiro atoms. The molecular formula is C20H19N3O4S. The minimum atomic E-state index is -0.250. The van der Waals surface area contributed by atoms with E-state index in [9.17, 15) is 14.7 Å². The van der Waals surface area contributed by atoms with Gasteiger partial charge in [0.15, 0.2) is 0 Å². The van der Waals surface area contributed by atoms with Crippen molar-refractivity contribution in [3.8, 4) is 5.88 Å². The number of rotatable bonds is 5. The lowest BCUT2D eigenvalue weighted by Crippen LogP contribution is -2.22. The number of aromatic amines is 1. The number of para-hydroxylation sites is 1. The molecule has 0 aliphatic heterocycles. The molecular weight excluding hydrogens is 378 g/mol. The first kappa shape index (κ1) is 18.2. The Morgan fingerprint density at radius 3 is 2.89 bits per heavy atom. The molecule has 3 aromatic rings. The van der Waals surface area contributed by atoms with Crippen LogP contribution in [0, 0.1) is 5.92 Å². The van der Waals surface area contributed by atoms with Crippen LogP contribution in [0.4, 0.5) is 0 Å². The summed E-state index contributed by atoms with van der Waals surface area (Å²) in [4.78, 5) is 31.0. The smallest absolute Gasteiger partial charge is 0.307 e. The van der Waals surface area contributed by atoms with Crippen molar-refractivity contribution in [2.75, 3.05) is 0 Å². The van der Waals surface area contributed by atoms with Crippen molar-refractivity contribution < 1.29 is 9.84 Å². The van der Waals surface area contributed by atoms with E-state index in [0.717, 1.165) is 17.8 Å². The van der Waals surface area contributed by atoms with Gasteiger partial charge in [0.1, 0.15) is 18.2 Å². The fraction of sp³-hybridized carbons (Fsp3) is 0.250. The predicted molar refractivity (Wildman–Crippen MR) is 107 cm³/mol. The number of hydrogen-bond acceptors (Lipinski definition) is 6. The Bertz CT molecular complexity index is 1200. The zero-order valence-corrected chi connectivity index (χ0v) is 16.0. The highest BCUT2D eigenvalue weighted by atomic mass is 32.1. The molecule has 0 bridgehead atoms. The van der Waals surface area contributed by atoms with Crippen molar-refractivity contribution in [1.82, 2.24) is 14.5 Å². The summed E-state index contributed by atoms with van der Waals surface area (Å²) >= 11 is 1.03. The number of nitrogens with zero attached hydrogens (tertiary/aromatic N) is 2. The zero-order chi connectivity index (χ0) is 19.7. The fourth-order valence-corrected chi connectivity index (χ4v) is 3.99. The molecule has 8 heteroatoms. The van der Waals surface area contributed by atoms with Crippen molar-refractivity contribution in [3.05, 3.63) is 79.0 Å². The third-order valence-corrected chi connectivity index (χ3v) is 5.64. The van der Waals surface area contributed by atoms with Gasteiger partial charge in [-0.15, -0.1) is 0 Å². The molecule has 144 valence electrons. The number of allylic oxidation sites excluding steroid dienone is 3. The summed E-state index contributed by atoms with van der Waals surface area (Å²) < 4.78 is 7.34. The lowest BCUT2D eigenvalue weighted by atomic mass is 9.96. The van der Waals surface area contributed by atoms with Gasteiger partial charge in [0.2, 0.25) is 5.88 Å². The Balaban J connectivity index is 1.42. The van der Waals surface area contributed by atoms with E-state index >= 15 is 0 Å². The van der Waals surface area contributed by atoms with E-state index in [2.05, 4.69) is 9.97 Å². The topological polar surface area (TPSA) is 97.2 Å². The number of H-pyrrole nitrogens is 1. The van der Waals surface area contributed by atoms with Crippen molar-refractivity contribution >= 4 is 22.2 Å². The molecule has 2 N–H and O–H groups in total. The zero-order valence-electron chi connectivity index (χ0n) is 15.2. The monoisotopic (exact) mass is 397 g/mol. The van der Waals surface area contributed by atoms with Gasteiger partial charge < -0.3 is 9.84 Å². The predicted octanol–water partition coefficient (Wildman–Crippen LogP) is 2.61. The number of aromatic hydroxyl groups is 1. The van der Waals surface area contributed by atoms with Gasteiger partial charge >= 0.3 is 4.87 Å². The Morgan fingerprint density at radius 1 is 1.36 bits per heavy atom. The van der Waals surface area contributed by atoms with Crippen LogP contribution < -0.4 is 10.4 Å². The molecule has 28 heavy (non-hydrogen) atoms. The molecule has 0 fully saturated rings. The lowest BCUT2D eigenvalue weighted by molar-refractivity contribution is 0.196. The van der Waals surface area contributed by atoms with Crippen LogP contribution >= 0.6 is 11.3 Å². The third kappa shape index (κ3) is 3.63. The molecule has 1 aromatic carbocycles. The van der Waals surface area contributed by atoms with Gasteiger partial charge in [-0.1, -0.05) is 29.5 Å². The Morgan fingerprint density at radius 2 is 2.18 bits per heavy atom. The number of nitrogens with one attached hydrogen (secondary N) is 1. The Hall–Kier alpha value is -3.13. The van der Waals surface area contributed by atoms with Gasteiger partial charge in [-0.05, 0) is 43.0 Å². The third-order valence-electron chi connectivity index (χ3n) is 4.75. The maximum Gasteiger partial charge on any atom is 0.307 e. The van der Waals surface area contributed by atoms with Crippen LogP contribution in [0.3, 0.4) is 0 Å². The van der Waals surface area contributed by atoms with Gasteiger partial charge in [-0.25, -0.2) is 4.98 Å². The fourth-order valence-electron chi connectivity index (χ4n) is 3.17. The van der Waals surface area contributed by atoms with Gasteiger partial charge in [-0.2, -0.15) is 0 Å². The second-order valence-electron chi connectivity index (χ2n) is 6.65. The number of thiazole rings is 1. The normalized spacial score (nSPS) is 16.3. The maximum atomic E-state index is 12.4. The van der Waals surface area contributed by atoms with Crippen LogP contribution in [0.15, 0.2) is 57.8 Å². The molecule has 1 aliphatic rings. The molecule has 7 nitrogen and oxygen atoms in total. The number of ether oxygens (including phenoxy) is 1. The first-order valence-electron chi connectivity index (χ1n) is 8.88. The first-order valence-corrected chi connectivity index (χ1v) is 9.69. The minimum Gasteiger partial charge on any atom is -0.494 e. The lowest BCUT2D eigenvalue weighted by Gasteiger charge is -2.17. The molecule has 2 heterocycles.